The van der Waals surface area contributed by atoms with E-state index in [1.807, 2.05) is 0 Å². The van der Waals surface area contributed by atoms with Crippen LogP contribution in [0, 0.1) is 13.8 Å². The van der Waals surface area contributed by atoms with Crippen LogP contribution in [0.4, 0.5) is 11.4 Å². The quantitative estimate of drug-likeness (QED) is 0.651. The molecule has 0 unspecified atom stereocenters. The highest BCUT2D eigenvalue weighted by Crippen LogP contribution is 2.32. The lowest BCUT2D eigenvalue weighted by molar-refractivity contribution is 0.881. The van der Waals surface area contributed by atoms with Gasteiger partial charge in [-0.15, -0.1) is 0 Å². The zero-order valence-corrected chi connectivity index (χ0v) is 8.52. The largest absolute Gasteiger partial charge is 0.382 e. The lowest BCUT2D eigenvalue weighted by Gasteiger charge is -2.30. The minimum absolute atomic E-state index is 1.05. The van der Waals surface area contributed by atoms with Crippen LogP contribution < -0.4 is 10.2 Å². The molecule has 2 rings (SSSR count). The number of hydrogen-bond donors (Lipinski definition) is 1. The summed E-state index contributed by atoms with van der Waals surface area (Å²) in [6.07, 6.45) is 0. The van der Waals surface area contributed by atoms with Crippen LogP contribution in [0.5, 0.6) is 0 Å². The van der Waals surface area contributed by atoms with Crippen molar-refractivity contribution in [2.45, 2.75) is 13.8 Å². The van der Waals surface area contributed by atoms with E-state index >= 15 is 0 Å². The van der Waals surface area contributed by atoms with E-state index in [1.54, 1.807) is 0 Å². The second-order valence-corrected chi connectivity index (χ2v) is 3.83. The molecule has 0 aromatic heterocycles. The van der Waals surface area contributed by atoms with Crippen LogP contribution in [0.25, 0.3) is 0 Å². The number of anilines is 2. The summed E-state index contributed by atoms with van der Waals surface area (Å²) >= 11 is 0. The Hall–Kier alpha value is -1.18. The van der Waals surface area contributed by atoms with Crippen LogP contribution in [0.2, 0.25) is 0 Å². The van der Waals surface area contributed by atoms with Crippen LogP contribution in [0.1, 0.15) is 11.1 Å². The fraction of sp³-hybridized carbons (Fsp3) is 0.455. The van der Waals surface area contributed by atoms with Gasteiger partial charge in [0, 0.05) is 20.1 Å². The SMILES string of the molecule is Cc1cc(C)c2c(c1)NCCN2C. The van der Waals surface area contributed by atoms with Crippen LogP contribution in [0.3, 0.4) is 0 Å². The monoisotopic (exact) mass is 176 g/mol. The predicted molar refractivity (Wildman–Crippen MR) is 57.7 cm³/mol. The second-order valence-electron chi connectivity index (χ2n) is 3.83. The molecule has 1 aliphatic heterocycles. The van der Waals surface area contributed by atoms with Gasteiger partial charge in [-0.1, -0.05) is 6.07 Å². The Kier molecular flexibility index (Phi) is 1.91. The number of rotatable bonds is 0. The highest BCUT2D eigenvalue weighted by atomic mass is 15.2. The summed E-state index contributed by atoms with van der Waals surface area (Å²) in [4.78, 5) is 2.32. The smallest absolute Gasteiger partial charge is 0.0629 e. The third kappa shape index (κ3) is 1.37. The first-order chi connectivity index (χ1) is 6.18. The molecule has 2 heteroatoms. The van der Waals surface area contributed by atoms with Crippen LogP contribution in [0.15, 0.2) is 12.1 Å². The maximum atomic E-state index is 3.43. The van der Waals surface area contributed by atoms with Crippen LogP contribution in [-0.2, 0) is 0 Å². The molecule has 2 nitrogen and oxygen atoms in total. The third-order valence-electron chi connectivity index (χ3n) is 2.59. The van der Waals surface area contributed by atoms with Gasteiger partial charge in [0.2, 0.25) is 0 Å². The first kappa shape index (κ1) is 8.42. The molecule has 1 aromatic rings. The molecule has 1 heterocycles. The zero-order chi connectivity index (χ0) is 9.42. The summed E-state index contributed by atoms with van der Waals surface area (Å²) in [6.45, 7) is 6.46. The van der Waals surface area contributed by atoms with Crippen LogP contribution in [-0.4, -0.2) is 20.1 Å². The first-order valence-corrected chi connectivity index (χ1v) is 4.75. The minimum atomic E-state index is 1.05. The van der Waals surface area contributed by atoms with Crippen molar-refractivity contribution in [2.24, 2.45) is 0 Å². The minimum Gasteiger partial charge on any atom is -0.382 e. The summed E-state index contributed by atoms with van der Waals surface area (Å²) in [6, 6.07) is 4.46. The van der Waals surface area contributed by atoms with Gasteiger partial charge in [0.25, 0.3) is 0 Å². The maximum absolute atomic E-state index is 3.43. The predicted octanol–water partition coefficient (Wildman–Crippen LogP) is 2.17. The Balaban J connectivity index is 2.56. The number of nitrogens with zero attached hydrogens (tertiary/aromatic N) is 1. The molecule has 0 radical (unpaired) electrons. The molecular formula is C11H16N2. The van der Waals surface area contributed by atoms with Crippen molar-refractivity contribution in [1.82, 2.24) is 0 Å². The molecule has 0 saturated heterocycles. The van der Waals surface area contributed by atoms with E-state index in [-0.39, 0.29) is 0 Å². The summed E-state index contributed by atoms with van der Waals surface area (Å²) < 4.78 is 0. The van der Waals surface area contributed by atoms with Crippen molar-refractivity contribution >= 4 is 11.4 Å². The average Bonchev–Trinajstić information content (AvgIpc) is 2.02. The molecule has 1 aliphatic rings. The van der Waals surface area contributed by atoms with Gasteiger partial charge < -0.3 is 10.2 Å². The second kappa shape index (κ2) is 2.95. The number of nitrogens with one attached hydrogen (secondary N) is 1. The Morgan fingerprint density at radius 3 is 2.85 bits per heavy atom. The maximum Gasteiger partial charge on any atom is 0.0629 e. The van der Waals surface area contributed by atoms with Crippen molar-refractivity contribution < 1.29 is 0 Å². The van der Waals surface area contributed by atoms with E-state index in [4.69, 9.17) is 0 Å². The molecule has 1 aromatic carbocycles. The molecule has 70 valence electrons. The molecule has 0 fully saturated rings. The standard InChI is InChI=1S/C11H16N2/c1-8-6-9(2)11-10(7-8)12-4-5-13(11)3/h6-7,12H,4-5H2,1-3H3. The van der Waals surface area contributed by atoms with Crippen molar-refractivity contribution in [3.8, 4) is 0 Å². The van der Waals surface area contributed by atoms with E-state index in [9.17, 15) is 0 Å². The summed E-state index contributed by atoms with van der Waals surface area (Å²) in [5.74, 6) is 0. The van der Waals surface area contributed by atoms with Gasteiger partial charge in [-0.25, -0.2) is 0 Å². The normalized spacial score (nSPS) is 15.2. The molecular weight excluding hydrogens is 160 g/mol. The molecule has 0 bridgehead atoms. The number of aryl methyl sites for hydroxylation is 2. The first-order valence-electron chi connectivity index (χ1n) is 4.75. The number of benzene rings is 1. The Morgan fingerprint density at radius 2 is 2.08 bits per heavy atom. The molecule has 1 N–H and O–H groups in total. The number of fused-ring (bicyclic) bond motifs is 1. The number of hydrogen-bond acceptors (Lipinski definition) is 2. The summed E-state index contributed by atoms with van der Waals surface area (Å²) in [5, 5.41) is 3.43. The molecule has 0 amide bonds. The van der Waals surface area contributed by atoms with Crippen LogP contribution >= 0.6 is 0 Å². The molecule has 0 spiro atoms. The molecule has 13 heavy (non-hydrogen) atoms. The van der Waals surface area contributed by atoms with Gasteiger partial charge >= 0.3 is 0 Å². The van der Waals surface area contributed by atoms with E-state index in [2.05, 4.69) is 43.2 Å². The van der Waals surface area contributed by atoms with E-state index < -0.39 is 0 Å². The molecule has 0 aliphatic carbocycles. The summed E-state index contributed by atoms with van der Waals surface area (Å²) in [7, 11) is 2.15. The molecule has 0 saturated carbocycles. The van der Waals surface area contributed by atoms with E-state index in [1.165, 1.54) is 22.5 Å². The van der Waals surface area contributed by atoms with E-state index in [0.717, 1.165) is 13.1 Å². The molecule has 0 atom stereocenters. The topological polar surface area (TPSA) is 15.3 Å². The Bertz CT molecular complexity index is 331. The number of likely N-dealkylation sites (N-methyl/N-ethyl adjacent to an activating group) is 1. The van der Waals surface area contributed by atoms with Gasteiger partial charge in [-0.3, -0.25) is 0 Å². The Labute approximate surface area is 79.6 Å². The van der Waals surface area contributed by atoms with Gasteiger partial charge in [-0.2, -0.15) is 0 Å². The fourth-order valence-corrected chi connectivity index (χ4v) is 2.07. The lowest BCUT2D eigenvalue weighted by atomic mass is 10.1. The highest BCUT2D eigenvalue weighted by molar-refractivity contribution is 5.76. The van der Waals surface area contributed by atoms with Gasteiger partial charge in [-0.05, 0) is 31.0 Å². The fourth-order valence-electron chi connectivity index (χ4n) is 2.07. The van der Waals surface area contributed by atoms with Crippen molar-refractivity contribution in [1.29, 1.82) is 0 Å². The van der Waals surface area contributed by atoms with Gasteiger partial charge in [0.05, 0.1) is 11.4 Å². The Morgan fingerprint density at radius 1 is 1.31 bits per heavy atom. The third-order valence-corrected chi connectivity index (χ3v) is 2.59. The van der Waals surface area contributed by atoms with Crippen molar-refractivity contribution in [2.75, 3.05) is 30.4 Å². The van der Waals surface area contributed by atoms with E-state index in [0.29, 0.717) is 0 Å². The average molecular weight is 176 g/mol. The van der Waals surface area contributed by atoms with Gasteiger partial charge in [0.1, 0.15) is 0 Å². The van der Waals surface area contributed by atoms with Gasteiger partial charge in [0.15, 0.2) is 0 Å². The zero-order valence-electron chi connectivity index (χ0n) is 8.52. The summed E-state index contributed by atoms with van der Waals surface area (Å²) in [5.41, 5.74) is 5.34. The van der Waals surface area contributed by atoms with Crippen molar-refractivity contribution in [3.05, 3.63) is 23.3 Å². The highest BCUT2D eigenvalue weighted by Gasteiger charge is 2.14. The van der Waals surface area contributed by atoms with Crippen molar-refractivity contribution in [3.63, 3.8) is 0 Å². The lowest BCUT2D eigenvalue weighted by Crippen LogP contribution is -2.31.